The Morgan fingerprint density at radius 3 is 2.91 bits per heavy atom. The smallest absolute Gasteiger partial charge is 0.374 e. The maximum atomic E-state index is 11.9. The third-order valence-electron chi connectivity index (χ3n) is 3.83. The Kier molecular flexibility index (Phi) is 4.12. The average molecular weight is 316 g/mol. The third kappa shape index (κ3) is 2.95. The fourth-order valence-corrected chi connectivity index (χ4v) is 2.65. The number of para-hydroxylation sites is 1. The first-order chi connectivity index (χ1) is 11.1. The fraction of sp³-hybridized carbons (Fsp3) is 0.312. The highest BCUT2D eigenvalue weighted by molar-refractivity contribution is 6.00. The number of rotatable bonds is 4. The zero-order valence-electron chi connectivity index (χ0n) is 12.5. The Morgan fingerprint density at radius 1 is 1.39 bits per heavy atom. The zero-order valence-corrected chi connectivity index (χ0v) is 12.5. The number of carbonyl (C=O) groups excluding carboxylic acids is 3. The standard InChI is InChI=1S/C16H16N2O5/c1-22-16(21)14-10(9-4-2-3-5-12(9)23-14)8-17-11-6-7-13(19)18-15(11)20/h2-5,11,17H,6-8H2,1H3,(H,18,19,20). The lowest BCUT2D eigenvalue weighted by Gasteiger charge is -2.21. The minimum Gasteiger partial charge on any atom is -0.463 e. The van der Waals surface area contributed by atoms with Gasteiger partial charge in [-0.15, -0.1) is 0 Å². The Balaban J connectivity index is 1.85. The van der Waals surface area contributed by atoms with Crippen molar-refractivity contribution in [2.45, 2.75) is 25.4 Å². The summed E-state index contributed by atoms with van der Waals surface area (Å²) in [7, 11) is 1.28. The van der Waals surface area contributed by atoms with E-state index in [-0.39, 0.29) is 24.1 Å². The number of ether oxygens (including phenoxy) is 1. The molecule has 2 heterocycles. The SMILES string of the molecule is COC(=O)c1oc2ccccc2c1CNC1CCC(=O)NC1=O. The molecule has 2 aromatic rings. The van der Waals surface area contributed by atoms with Gasteiger partial charge in [0.05, 0.1) is 13.2 Å². The second-order valence-electron chi connectivity index (χ2n) is 5.28. The van der Waals surface area contributed by atoms with E-state index in [0.29, 0.717) is 24.0 Å². The van der Waals surface area contributed by atoms with Crippen molar-refractivity contribution in [2.75, 3.05) is 7.11 Å². The zero-order chi connectivity index (χ0) is 16.4. The molecule has 0 radical (unpaired) electrons. The molecule has 1 aliphatic rings. The number of furan rings is 1. The minimum absolute atomic E-state index is 0.119. The van der Waals surface area contributed by atoms with E-state index in [0.717, 1.165) is 5.39 Å². The molecule has 23 heavy (non-hydrogen) atoms. The number of carbonyl (C=O) groups is 3. The lowest BCUT2D eigenvalue weighted by Crippen LogP contribution is -2.50. The molecule has 3 rings (SSSR count). The number of piperidine rings is 1. The number of nitrogens with one attached hydrogen (secondary N) is 2. The van der Waals surface area contributed by atoms with Gasteiger partial charge in [0.2, 0.25) is 17.6 Å². The summed E-state index contributed by atoms with van der Waals surface area (Å²) in [4.78, 5) is 34.9. The molecule has 0 bridgehead atoms. The van der Waals surface area contributed by atoms with E-state index >= 15 is 0 Å². The molecule has 2 amide bonds. The summed E-state index contributed by atoms with van der Waals surface area (Å²) >= 11 is 0. The van der Waals surface area contributed by atoms with Crippen LogP contribution in [0.5, 0.6) is 0 Å². The molecule has 120 valence electrons. The number of imide groups is 1. The van der Waals surface area contributed by atoms with E-state index in [4.69, 9.17) is 9.15 Å². The molecule has 0 spiro atoms. The van der Waals surface area contributed by atoms with Crippen LogP contribution in [-0.2, 0) is 20.9 Å². The molecule has 1 unspecified atom stereocenters. The largest absolute Gasteiger partial charge is 0.463 e. The maximum absolute atomic E-state index is 11.9. The van der Waals surface area contributed by atoms with Gasteiger partial charge in [-0.3, -0.25) is 14.9 Å². The van der Waals surface area contributed by atoms with Gasteiger partial charge in [0.1, 0.15) is 5.58 Å². The maximum Gasteiger partial charge on any atom is 0.374 e. The second kappa shape index (κ2) is 6.21. The van der Waals surface area contributed by atoms with Crippen LogP contribution in [0.3, 0.4) is 0 Å². The van der Waals surface area contributed by atoms with Crippen molar-refractivity contribution < 1.29 is 23.5 Å². The predicted octanol–water partition coefficient (Wildman–Crippen LogP) is 1.11. The molecular formula is C16H16N2O5. The Labute approximate surface area is 132 Å². The lowest BCUT2D eigenvalue weighted by molar-refractivity contribution is -0.134. The van der Waals surface area contributed by atoms with Gasteiger partial charge in [-0.2, -0.15) is 0 Å². The average Bonchev–Trinajstić information content (AvgIpc) is 2.92. The Morgan fingerprint density at radius 2 is 2.17 bits per heavy atom. The normalized spacial score (nSPS) is 18.0. The van der Waals surface area contributed by atoms with Gasteiger partial charge in [-0.05, 0) is 12.5 Å². The monoisotopic (exact) mass is 316 g/mol. The molecule has 7 nitrogen and oxygen atoms in total. The van der Waals surface area contributed by atoms with E-state index in [9.17, 15) is 14.4 Å². The highest BCUT2D eigenvalue weighted by atomic mass is 16.5. The molecule has 0 aliphatic carbocycles. The molecule has 2 N–H and O–H groups in total. The van der Waals surface area contributed by atoms with Crippen molar-refractivity contribution in [3.63, 3.8) is 0 Å². The van der Waals surface area contributed by atoms with Crippen LogP contribution in [0, 0.1) is 0 Å². The van der Waals surface area contributed by atoms with Crippen molar-refractivity contribution in [1.82, 2.24) is 10.6 Å². The van der Waals surface area contributed by atoms with Crippen LogP contribution in [-0.4, -0.2) is 30.9 Å². The van der Waals surface area contributed by atoms with Crippen LogP contribution in [0.1, 0.15) is 29.0 Å². The van der Waals surface area contributed by atoms with Crippen LogP contribution in [0.25, 0.3) is 11.0 Å². The van der Waals surface area contributed by atoms with Crippen molar-refractivity contribution in [3.8, 4) is 0 Å². The molecule has 0 saturated carbocycles. The quantitative estimate of drug-likeness (QED) is 0.648. The predicted molar refractivity (Wildman–Crippen MR) is 80.6 cm³/mol. The lowest BCUT2D eigenvalue weighted by atomic mass is 10.0. The van der Waals surface area contributed by atoms with Gasteiger partial charge in [-0.25, -0.2) is 4.79 Å². The Bertz CT molecular complexity index is 780. The molecular weight excluding hydrogens is 300 g/mol. The van der Waals surface area contributed by atoms with Gasteiger partial charge in [0.25, 0.3) is 0 Å². The van der Waals surface area contributed by atoms with E-state index in [1.807, 2.05) is 18.2 Å². The molecule has 1 aromatic carbocycles. The van der Waals surface area contributed by atoms with Gasteiger partial charge < -0.3 is 14.5 Å². The highest BCUT2D eigenvalue weighted by Gasteiger charge is 2.27. The molecule has 1 fully saturated rings. The van der Waals surface area contributed by atoms with E-state index < -0.39 is 12.0 Å². The van der Waals surface area contributed by atoms with E-state index in [2.05, 4.69) is 10.6 Å². The van der Waals surface area contributed by atoms with Crippen molar-refractivity contribution in [2.24, 2.45) is 0 Å². The Hall–Kier alpha value is -2.67. The van der Waals surface area contributed by atoms with Crippen LogP contribution in [0.2, 0.25) is 0 Å². The van der Waals surface area contributed by atoms with Crippen molar-refractivity contribution >= 4 is 28.8 Å². The van der Waals surface area contributed by atoms with Crippen LogP contribution >= 0.6 is 0 Å². The number of methoxy groups -OCH3 is 1. The number of hydrogen-bond acceptors (Lipinski definition) is 6. The number of amides is 2. The summed E-state index contributed by atoms with van der Waals surface area (Å²) in [5, 5.41) is 6.15. The fourth-order valence-electron chi connectivity index (χ4n) is 2.65. The minimum atomic E-state index is -0.568. The summed E-state index contributed by atoms with van der Waals surface area (Å²) in [6.07, 6.45) is 0.716. The molecule has 1 atom stereocenters. The van der Waals surface area contributed by atoms with Gasteiger partial charge in [0, 0.05) is 23.9 Å². The topological polar surface area (TPSA) is 97.6 Å². The van der Waals surface area contributed by atoms with Gasteiger partial charge >= 0.3 is 5.97 Å². The molecule has 1 aliphatic heterocycles. The van der Waals surface area contributed by atoms with Crippen LogP contribution < -0.4 is 10.6 Å². The summed E-state index contributed by atoms with van der Waals surface area (Å²) < 4.78 is 10.3. The summed E-state index contributed by atoms with van der Waals surface area (Å²) in [5.74, 6) is -1.07. The van der Waals surface area contributed by atoms with Gasteiger partial charge in [0.15, 0.2) is 0 Å². The first-order valence-corrected chi connectivity index (χ1v) is 7.26. The number of benzene rings is 1. The number of hydrogen-bond donors (Lipinski definition) is 2. The van der Waals surface area contributed by atoms with Crippen molar-refractivity contribution in [3.05, 3.63) is 35.6 Å². The van der Waals surface area contributed by atoms with Gasteiger partial charge in [-0.1, -0.05) is 18.2 Å². The highest BCUT2D eigenvalue weighted by Crippen LogP contribution is 2.26. The van der Waals surface area contributed by atoms with Crippen molar-refractivity contribution in [1.29, 1.82) is 0 Å². The van der Waals surface area contributed by atoms with E-state index in [1.54, 1.807) is 6.07 Å². The summed E-state index contributed by atoms with van der Waals surface area (Å²) in [6.45, 7) is 0.258. The van der Waals surface area contributed by atoms with E-state index in [1.165, 1.54) is 7.11 Å². The summed E-state index contributed by atoms with van der Waals surface area (Å²) in [5.41, 5.74) is 1.21. The van der Waals surface area contributed by atoms with Crippen LogP contribution in [0.15, 0.2) is 28.7 Å². The first kappa shape index (κ1) is 15.2. The third-order valence-corrected chi connectivity index (χ3v) is 3.83. The molecule has 1 saturated heterocycles. The first-order valence-electron chi connectivity index (χ1n) is 7.26. The number of fused-ring (bicyclic) bond motifs is 1. The number of esters is 1. The second-order valence-corrected chi connectivity index (χ2v) is 5.28. The summed E-state index contributed by atoms with van der Waals surface area (Å²) in [6, 6.07) is 6.77. The van der Waals surface area contributed by atoms with Crippen LogP contribution in [0.4, 0.5) is 0 Å². The molecule has 1 aromatic heterocycles. The molecule has 7 heteroatoms.